The summed E-state index contributed by atoms with van der Waals surface area (Å²) in [6.07, 6.45) is 4.61. The number of rotatable bonds is 9. The maximum Gasteiger partial charge on any atom is 0.348 e. The Hall–Kier alpha value is -3.96. The molecule has 3 aromatic heterocycles. The van der Waals surface area contributed by atoms with Crippen molar-refractivity contribution in [2.45, 2.75) is 19.4 Å². The van der Waals surface area contributed by atoms with Crippen molar-refractivity contribution < 1.29 is 18.3 Å². The number of halogens is 3. The van der Waals surface area contributed by atoms with Crippen molar-refractivity contribution in [3.05, 3.63) is 70.9 Å². The second-order valence-corrected chi connectivity index (χ2v) is 8.80. The number of nitrogens with zero attached hydrogens (tertiary/aromatic N) is 4. The van der Waals surface area contributed by atoms with E-state index >= 15 is 0 Å². The third-order valence-electron chi connectivity index (χ3n) is 6.41. The van der Waals surface area contributed by atoms with E-state index in [1.54, 1.807) is 24.5 Å². The smallest absolute Gasteiger partial charge is 0.348 e. The molecule has 0 aliphatic carbocycles. The molecule has 2 N–H and O–H groups in total. The molecule has 0 aliphatic rings. The third-order valence-corrected chi connectivity index (χ3v) is 6.41. The molecule has 0 fully saturated rings. The number of benzene rings is 2. The average Bonchev–Trinajstić information content (AvgIpc) is 3.53. The summed E-state index contributed by atoms with van der Waals surface area (Å²) in [6.45, 7) is 1.76. The predicted molar refractivity (Wildman–Crippen MR) is 143 cm³/mol. The minimum atomic E-state index is -0.490. The standard InChI is InChI=1S/C26H26F2N6O3.ClH/c1-32-14-20(18-12-16(27)4-6-21(18)32)25-30-31-26(36)34(25)23-15-33(22-7-5-17(28)13-19(22)23)11-3-9-29-10-8-24(35)37-2;/h4-7,12-15,29H,3,8-11H2,1-2H3,(H,31,36);1H. The van der Waals surface area contributed by atoms with Crippen LogP contribution < -0.4 is 11.0 Å². The number of H-pyrrole nitrogens is 1. The van der Waals surface area contributed by atoms with Crippen LogP contribution in [0.5, 0.6) is 0 Å². The van der Waals surface area contributed by atoms with Gasteiger partial charge >= 0.3 is 11.7 Å². The molecule has 0 saturated heterocycles. The zero-order chi connectivity index (χ0) is 26.1. The Labute approximate surface area is 222 Å². The van der Waals surface area contributed by atoms with Crippen molar-refractivity contribution in [2.24, 2.45) is 7.05 Å². The molecule has 3 heterocycles. The maximum atomic E-state index is 14.3. The molecule has 5 rings (SSSR count). The average molecular weight is 545 g/mol. The van der Waals surface area contributed by atoms with Gasteiger partial charge < -0.3 is 19.2 Å². The molecule has 0 spiro atoms. The summed E-state index contributed by atoms with van der Waals surface area (Å²) < 4.78 is 38.2. The number of aromatic nitrogens is 5. The van der Waals surface area contributed by atoms with Crippen molar-refractivity contribution in [1.82, 2.24) is 29.2 Å². The lowest BCUT2D eigenvalue weighted by Gasteiger charge is -2.06. The predicted octanol–water partition coefficient (Wildman–Crippen LogP) is 3.92. The number of esters is 1. The molecular formula is C26H27ClF2N6O3. The number of carbonyl (C=O) groups is 1. The highest BCUT2D eigenvalue weighted by Gasteiger charge is 2.21. The van der Waals surface area contributed by atoms with Crippen LogP contribution in [0.4, 0.5) is 8.78 Å². The lowest BCUT2D eigenvalue weighted by Crippen LogP contribution is -2.21. The normalized spacial score (nSPS) is 11.3. The Kier molecular flexibility index (Phi) is 7.98. The summed E-state index contributed by atoms with van der Waals surface area (Å²) in [4.78, 5) is 24.2. The number of hydrogen-bond acceptors (Lipinski definition) is 5. The highest BCUT2D eigenvalue weighted by molar-refractivity contribution is 5.96. The Bertz CT molecular complexity index is 1670. The van der Waals surface area contributed by atoms with Gasteiger partial charge in [-0.3, -0.25) is 4.79 Å². The highest BCUT2D eigenvalue weighted by Crippen LogP contribution is 2.32. The van der Waals surface area contributed by atoms with E-state index in [4.69, 9.17) is 0 Å². The molecule has 0 bridgehead atoms. The van der Waals surface area contributed by atoms with E-state index in [9.17, 15) is 18.4 Å². The number of methoxy groups -OCH3 is 1. The number of fused-ring (bicyclic) bond motifs is 2. The Morgan fingerprint density at radius 1 is 1.05 bits per heavy atom. The monoisotopic (exact) mass is 544 g/mol. The van der Waals surface area contributed by atoms with Gasteiger partial charge in [-0.1, -0.05) is 0 Å². The molecular weight excluding hydrogens is 518 g/mol. The molecule has 5 aromatic rings. The van der Waals surface area contributed by atoms with Crippen LogP contribution in [-0.2, 0) is 23.1 Å². The summed E-state index contributed by atoms with van der Waals surface area (Å²) in [6, 6.07) is 8.90. The van der Waals surface area contributed by atoms with E-state index in [1.807, 2.05) is 16.2 Å². The zero-order valence-corrected chi connectivity index (χ0v) is 21.6. The number of ether oxygens (including phenoxy) is 1. The molecule has 0 aliphatic heterocycles. The molecule has 38 heavy (non-hydrogen) atoms. The summed E-state index contributed by atoms with van der Waals surface area (Å²) in [5.41, 5.74) is 2.09. The van der Waals surface area contributed by atoms with Crippen molar-refractivity contribution in [3.8, 4) is 17.1 Å². The van der Waals surface area contributed by atoms with Gasteiger partial charge in [0.15, 0.2) is 5.82 Å². The number of nitrogens with one attached hydrogen (secondary N) is 2. The van der Waals surface area contributed by atoms with Gasteiger partial charge in [-0.25, -0.2) is 23.2 Å². The van der Waals surface area contributed by atoms with Crippen molar-refractivity contribution in [3.63, 3.8) is 0 Å². The number of aromatic amines is 1. The molecule has 0 radical (unpaired) electrons. The van der Waals surface area contributed by atoms with Crippen LogP contribution in [-0.4, -0.2) is 50.1 Å². The van der Waals surface area contributed by atoms with E-state index in [-0.39, 0.29) is 24.8 Å². The zero-order valence-electron chi connectivity index (χ0n) is 20.8. The minimum absolute atomic E-state index is 0. The van der Waals surface area contributed by atoms with Gasteiger partial charge in [-0.05, 0) is 49.4 Å². The molecule has 9 nitrogen and oxygen atoms in total. The van der Waals surface area contributed by atoms with Gasteiger partial charge in [0.05, 0.1) is 24.7 Å². The molecule has 2 aromatic carbocycles. The Morgan fingerprint density at radius 2 is 1.76 bits per heavy atom. The van der Waals surface area contributed by atoms with Crippen molar-refractivity contribution >= 4 is 40.2 Å². The first kappa shape index (κ1) is 27.1. The minimum Gasteiger partial charge on any atom is -0.469 e. The lowest BCUT2D eigenvalue weighted by molar-refractivity contribution is -0.140. The third kappa shape index (κ3) is 5.07. The van der Waals surface area contributed by atoms with E-state index in [0.717, 1.165) is 17.5 Å². The summed E-state index contributed by atoms with van der Waals surface area (Å²) in [7, 11) is 3.19. The van der Waals surface area contributed by atoms with Gasteiger partial charge in [-0.2, -0.15) is 5.10 Å². The molecule has 0 atom stereocenters. The fourth-order valence-corrected chi connectivity index (χ4v) is 4.65. The maximum absolute atomic E-state index is 14.3. The second-order valence-electron chi connectivity index (χ2n) is 8.80. The first-order valence-electron chi connectivity index (χ1n) is 11.9. The van der Waals surface area contributed by atoms with Crippen LogP contribution in [0.15, 0.2) is 53.6 Å². The molecule has 12 heteroatoms. The number of aryl methyl sites for hydroxylation is 2. The fourth-order valence-electron chi connectivity index (χ4n) is 4.65. The van der Waals surface area contributed by atoms with E-state index in [0.29, 0.717) is 47.5 Å². The van der Waals surface area contributed by atoms with Crippen LogP contribution in [0.25, 0.3) is 38.9 Å². The topological polar surface area (TPSA) is 98.9 Å². The summed E-state index contributed by atoms with van der Waals surface area (Å²) in [5.74, 6) is -0.801. The fraction of sp³-hybridized carbons (Fsp3) is 0.269. The van der Waals surface area contributed by atoms with Gasteiger partial charge in [0.1, 0.15) is 11.6 Å². The molecule has 200 valence electrons. The van der Waals surface area contributed by atoms with Crippen LogP contribution in [0.3, 0.4) is 0 Å². The van der Waals surface area contributed by atoms with E-state index in [1.165, 1.54) is 35.9 Å². The van der Waals surface area contributed by atoms with Gasteiger partial charge in [0.25, 0.3) is 0 Å². The first-order chi connectivity index (χ1) is 17.9. The van der Waals surface area contributed by atoms with Crippen LogP contribution >= 0.6 is 12.4 Å². The van der Waals surface area contributed by atoms with Crippen molar-refractivity contribution in [2.75, 3.05) is 20.2 Å². The van der Waals surface area contributed by atoms with E-state index < -0.39 is 17.3 Å². The van der Waals surface area contributed by atoms with E-state index in [2.05, 4.69) is 20.3 Å². The summed E-state index contributed by atoms with van der Waals surface area (Å²) in [5, 5.41) is 11.1. The largest absolute Gasteiger partial charge is 0.469 e. The SMILES string of the molecule is COC(=O)CCNCCCn1cc(-n2c(-c3cn(C)c4ccc(F)cc34)n[nH]c2=O)c2cc(F)ccc21.Cl. The Morgan fingerprint density at radius 3 is 2.50 bits per heavy atom. The first-order valence-corrected chi connectivity index (χ1v) is 11.9. The van der Waals surface area contributed by atoms with Gasteiger partial charge in [-0.15, -0.1) is 12.4 Å². The number of carbonyl (C=O) groups excluding carboxylic acids is 1. The number of hydrogen-bond donors (Lipinski definition) is 2. The van der Waals surface area contributed by atoms with Crippen LogP contribution in [0.1, 0.15) is 12.8 Å². The second kappa shape index (κ2) is 11.2. The molecule has 0 amide bonds. The van der Waals surface area contributed by atoms with Crippen LogP contribution in [0.2, 0.25) is 0 Å². The Balaban J connectivity index is 0.00000336. The highest BCUT2D eigenvalue weighted by atomic mass is 35.5. The quantitative estimate of drug-likeness (QED) is 0.216. The summed E-state index contributed by atoms with van der Waals surface area (Å²) >= 11 is 0. The molecule has 0 unspecified atom stereocenters. The van der Waals surface area contributed by atoms with Gasteiger partial charge in [0, 0.05) is 54.4 Å². The lowest BCUT2D eigenvalue weighted by atomic mass is 10.1. The van der Waals surface area contributed by atoms with Crippen LogP contribution in [0, 0.1) is 11.6 Å². The van der Waals surface area contributed by atoms with Crippen molar-refractivity contribution in [1.29, 1.82) is 0 Å². The van der Waals surface area contributed by atoms with Gasteiger partial charge in [0.2, 0.25) is 0 Å². The molecule has 0 saturated carbocycles.